The van der Waals surface area contributed by atoms with Crippen molar-refractivity contribution in [2.45, 2.75) is 19.6 Å². The van der Waals surface area contributed by atoms with E-state index >= 15 is 0 Å². The van der Waals surface area contributed by atoms with E-state index in [4.69, 9.17) is 11.6 Å². The maximum Gasteiger partial charge on any atom is 0.418 e. The van der Waals surface area contributed by atoms with E-state index in [1.165, 1.54) is 18.2 Å². The van der Waals surface area contributed by atoms with E-state index in [9.17, 15) is 17.6 Å². The second-order valence-corrected chi connectivity index (χ2v) is 5.00. The molecule has 0 heterocycles. The summed E-state index contributed by atoms with van der Waals surface area (Å²) in [6.45, 7) is 1.66. The average Bonchev–Trinajstić information content (AvgIpc) is 2.40. The summed E-state index contributed by atoms with van der Waals surface area (Å²) in [6.07, 6.45) is -4.51. The molecule has 0 aliphatic carbocycles. The Morgan fingerprint density at radius 3 is 2.48 bits per heavy atom. The SMILES string of the molecule is Cc1ccc(CNc2c(Cl)cccc2C(F)(F)F)cc1F. The first-order chi connectivity index (χ1) is 9.79. The molecule has 0 aliphatic heterocycles. The number of para-hydroxylation sites is 1. The van der Waals surface area contributed by atoms with Gasteiger partial charge in [0, 0.05) is 6.54 Å². The Hall–Kier alpha value is -1.75. The average molecular weight is 318 g/mol. The highest BCUT2D eigenvalue weighted by Crippen LogP contribution is 2.38. The second-order valence-electron chi connectivity index (χ2n) is 4.60. The number of hydrogen-bond donors (Lipinski definition) is 1. The largest absolute Gasteiger partial charge is 0.418 e. The molecule has 21 heavy (non-hydrogen) atoms. The third kappa shape index (κ3) is 3.67. The minimum atomic E-state index is -4.51. The number of nitrogens with one attached hydrogen (secondary N) is 1. The van der Waals surface area contributed by atoms with Crippen molar-refractivity contribution in [3.05, 3.63) is 63.9 Å². The first kappa shape index (κ1) is 15.6. The van der Waals surface area contributed by atoms with Crippen molar-refractivity contribution in [3.63, 3.8) is 0 Å². The van der Waals surface area contributed by atoms with Crippen LogP contribution in [-0.4, -0.2) is 0 Å². The highest BCUT2D eigenvalue weighted by molar-refractivity contribution is 6.33. The maximum absolute atomic E-state index is 13.4. The molecule has 0 spiro atoms. The summed E-state index contributed by atoms with van der Waals surface area (Å²) in [5.74, 6) is -0.399. The summed E-state index contributed by atoms with van der Waals surface area (Å²) >= 11 is 5.82. The molecular formula is C15H12ClF4N. The molecule has 0 unspecified atom stereocenters. The van der Waals surface area contributed by atoms with Crippen molar-refractivity contribution in [1.82, 2.24) is 0 Å². The van der Waals surface area contributed by atoms with Gasteiger partial charge in [0.1, 0.15) is 5.82 Å². The Morgan fingerprint density at radius 1 is 1.14 bits per heavy atom. The summed E-state index contributed by atoms with van der Waals surface area (Å²) in [5.41, 5.74) is -0.0335. The predicted molar refractivity (Wildman–Crippen MR) is 74.9 cm³/mol. The number of aryl methyl sites for hydroxylation is 1. The lowest BCUT2D eigenvalue weighted by Gasteiger charge is -2.16. The van der Waals surface area contributed by atoms with Crippen LogP contribution < -0.4 is 5.32 Å². The lowest BCUT2D eigenvalue weighted by molar-refractivity contribution is -0.136. The Morgan fingerprint density at radius 2 is 1.86 bits per heavy atom. The molecule has 6 heteroatoms. The van der Waals surface area contributed by atoms with Gasteiger partial charge in [0.2, 0.25) is 0 Å². The molecule has 0 atom stereocenters. The van der Waals surface area contributed by atoms with E-state index in [-0.39, 0.29) is 17.3 Å². The van der Waals surface area contributed by atoms with Gasteiger partial charge in [-0.1, -0.05) is 29.8 Å². The van der Waals surface area contributed by atoms with Crippen LogP contribution in [0.4, 0.5) is 23.2 Å². The molecule has 1 N–H and O–H groups in total. The fraction of sp³-hybridized carbons (Fsp3) is 0.200. The third-order valence-corrected chi connectivity index (χ3v) is 3.34. The van der Waals surface area contributed by atoms with Gasteiger partial charge in [0.15, 0.2) is 0 Å². The molecule has 0 radical (unpaired) electrons. The molecule has 2 rings (SSSR count). The Kier molecular flexibility index (Phi) is 4.42. The summed E-state index contributed by atoms with van der Waals surface area (Å²) in [4.78, 5) is 0. The van der Waals surface area contributed by atoms with E-state index in [1.807, 2.05) is 0 Å². The van der Waals surface area contributed by atoms with Gasteiger partial charge >= 0.3 is 6.18 Å². The zero-order chi connectivity index (χ0) is 15.6. The van der Waals surface area contributed by atoms with Crippen molar-refractivity contribution in [2.24, 2.45) is 0 Å². The highest BCUT2D eigenvalue weighted by Gasteiger charge is 2.34. The molecule has 0 aromatic heterocycles. The molecule has 0 saturated heterocycles. The number of alkyl halides is 3. The van der Waals surface area contributed by atoms with Crippen LogP contribution in [0.1, 0.15) is 16.7 Å². The van der Waals surface area contributed by atoms with Gasteiger partial charge in [-0.3, -0.25) is 0 Å². The van der Waals surface area contributed by atoms with Crippen molar-refractivity contribution < 1.29 is 17.6 Å². The minimum Gasteiger partial charge on any atom is -0.379 e. The molecule has 2 aromatic carbocycles. The van der Waals surface area contributed by atoms with Crippen LogP contribution in [-0.2, 0) is 12.7 Å². The van der Waals surface area contributed by atoms with Crippen molar-refractivity contribution >= 4 is 17.3 Å². The number of rotatable bonds is 3. The Labute approximate surface area is 124 Å². The molecule has 1 nitrogen and oxygen atoms in total. The van der Waals surface area contributed by atoms with Crippen LogP contribution in [0.2, 0.25) is 5.02 Å². The summed E-state index contributed by atoms with van der Waals surface area (Å²) < 4.78 is 52.2. The maximum atomic E-state index is 13.4. The van der Waals surface area contributed by atoms with Gasteiger partial charge < -0.3 is 5.32 Å². The lowest BCUT2D eigenvalue weighted by atomic mass is 10.1. The molecule has 0 amide bonds. The van der Waals surface area contributed by atoms with Crippen LogP contribution >= 0.6 is 11.6 Å². The lowest BCUT2D eigenvalue weighted by Crippen LogP contribution is -2.11. The van der Waals surface area contributed by atoms with Gasteiger partial charge in [-0.2, -0.15) is 13.2 Å². The van der Waals surface area contributed by atoms with Crippen molar-refractivity contribution in [3.8, 4) is 0 Å². The van der Waals surface area contributed by atoms with E-state index in [0.717, 1.165) is 6.07 Å². The van der Waals surface area contributed by atoms with Gasteiger partial charge in [-0.15, -0.1) is 0 Å². The van der Waals surface area contributed by atoms with E-state index in [0.29, 0.717) is 11.1 Å². The third-order valence-electron chi connectivity index (χ3n) is 3.02. The monoisotopic (exact) mass is 317 g/mol. The minimum absolute atomic E-state index is 0.0302. The number of hydrogen-bond acceptors (Lipinski definition) is 1. The smallest absolute Gasteiger partial charge is 0.379 e. The van der Waals surface area contributed by atoms with Gasteiger partial charge in [0.05, 0.1) is 16.3 Å². The first-order valence-corrected chi connectivity index (χ1v) is 6.51. The topological polar surface area (TPSA) is 12.0 Å². The first-order valence-electron chi connectivity index (χ1n) is 6.13. The molecule has 0 saturated carbocycles. The fourth-order valence-electron chi connectivity index (χ4n) is 1.88. The molecular weight excluding hydrogens is 306 g/mol. The van der Waals surface area contributed by atoms with Gasteiger partial charge in [-0.05, 0) is 36.2 Å². The van der Waals surface area contributed by atoms with Gasteiger partial charge in [0.25, 0.3) is 0 Å². The van der Waals surface area contributed by atoms with Crippen LogP contribution in [0.15, 0.2) is 36.4 Å². The Balaban J connectivity index is 2.25. The quantitative estimate of drug-likeness (QED) is 0.745. The van der Waals surface area contributed by atoms with Gasteiger partial charge in [-0.25, -0.2) is 4.39 Å². The molecule has 0 aliphatic rings. The number of anilines is 1. The van der Waals surface area contributed by atoms with E-state index < -0.39 is 17.6 Å². The van der Waals surface area contributed by atoms with Crippen LogP contribution in [0.5, 0.6) is 0 Å². The highest BCUT2D eigenvalue weighted by atomic mass is 35.5. The van der Waals surface area contributed by atoms with Crippen molar-refractivity contribution in [1.29, 1.82) is 0 Å². The molecule has 2 aromatic rings. The number of benzene rings is 2. The van der Waals surface area contributed by atoms with Crippen LogP contribution in [0.25, 0.3) is 0 Å². The summed E-state index contributed by atoms with van der Waals surface area (Å²) in [5, 5.41) is 2.60. The van der Waals surface area contributed by atoms with Crippen molar-refractivity contribution in [2.75, 3.05) is 5.32 Å². The second kappa shape index (κ2) is 5.93. The molecule has 112 valence electrons. The molecule has 0 bridgehead atoms. The van der Waals surface area contributed by atoms with Crippen LogP contribution in [0, 0.1) is 12.7 Å². The summed E-state index contributed by atoms with van der Waals surface area (Å²) in [6, 6.07) is 8.06. The standard InChI is InChI=1S/C15H12ClF4N/c1-9-5-6-10(7-13(9)17)8-21-14-11(15(18,19)20)3-2-4-12(14)16/h2-7,21H,8H2,1H3. The van der Waals surface area contributed by atoms with E-state index in [2.05, 4.69) is 5.32 Å². The fourth-order valence-corrected chi connectivity index (χ4v) is 2.12. The summed E-state index contributed by atoms with van der Waals surface area (Å²) in [7, 11) is 0. The zero-order valence-electron chi connectivity index (χ0n) is 11.1. The Bertz CT molecular complexity index is 653. The van der Waals surface area contributed by atoms with E-state index in [1.54, 1.807) is 19.1 Å². The van der Waals surface area contributed by atoms with Crippen LogP contribution in [0.3, 0.4) is 0 Å². The molecule has 0 fully saturated rings. The zero-order valence-corrected chi connectivity index (χ0v) is 11.8. The normalized spacial score (nSPS) is 11.5. The predicted octanol–water partition coefficient (Wildman–Crippen LogP) is 5.42. The number of halogens is 5.